The lowest BCUT2D eigenvalue weighted by Gasteiger charge is -2.31. The van der Waals surface area contributed by atoms with Crippen molar-refractivity contribution in [3.8, 4) is 0 Å². The quantitative estimate of drug-likeness (QED) is 0.0645. The number of primary amides is 1. The highest BCUT2D eigenvalue weighted by Crippen LogP contribution is 2.34. The highest BCUT2D eigenvalue weighted by atomic mass is 19.1. The summed E-state index contributed by atoms with van der Waals surface area (Å²) in [5, 5.41) is 10.9. The SMILES string of the molecule is CC(=O)NC(CCCN=C(N)N)C(=O)N[C@H]1CCC(=O)CCCC[C@@H](C(N)=O)NC(=O)[C@H](CC2=CCc3ccccc32)CC(=O)[C@H](CCCN=C(N)N)CC(=O)[C@@H](Cc2ccc(F)cc2)NC(=O)C2CCCN2C1=O. The predicted octanol–water partition coefficient (Wildman–Crippen LogP) is 1.01. The average molecular weight is 1040 g/mol. The monoisotopic (exact) mass is 1040 g/mol. The van der Waals surface area contributed by atoms with Crippen molar-refractivity contribution >= 4 is 70.3 Å². The summed E-state index contributed by atoms with van der Waals surface area (Å²) in [6, 6.07) is 6.98. The molecule has 2 aliphatic heterocycles. The number of allylic oxidation sites excluding steroid dienone is 2. The molecule has 2 heterocycles. The minimum Gasteiger partial charge on any atom is -0.370 e. The van der Waals surface area contributed by atoms with E-state index in [9.17, 15) is 47.5 Å². The van der Waals surface area contributed by atoms with Crippen LogP contribution in [0.2, 0.25) is 0 Å². The van der Waals surface area contributed by atoms with E-state index in [1.165, 1.54) is 36.1 Å². The van der Waals surface area contributed by atoms with Crippen molar-refractivity contribution in [3.05, 3.63) is 77.1 Å². The van der Waals surface area contributed by atoms with Gasteiger partial charge in [0, 0.05) is 64.1 Å². The Morgan fingerprint density at radius 3 is 2.16 bits per heavy atom. The Bertz CT molecular complexity index is 2490. The summed E-state index contributed by atoms with van der Waals surface area (Å²) in [5.41, 5.74) is 31.2. The van der Waals surface area contributed by atoms with E-state index in [0.717, 1.165) is 16.7 Å². The van der Waals surface area contributed by atoms with E-state index < -0.39 is 101 Å². The Kier molecular flexibility index (Phi) is 22.4. The lowest BCUT2D eigenvalue weighted by molar-refractivity contribution is -0.142. The summed E-state index contributed by atoms with van der Waals surface area (Å²) in [6.45, 7) is 1.58. The first kappa shape index (κ1) is 58.4. The molecule has 5 rings (SSSR count). The number of amides is 6. The lowest BCUT2D eigenvalue weighted by Crippen LogP contribution is -2.57. The number of nitrogens with one attached hydrogen (secondary N) is 4. The van der Waals surface area contributed by atoms with Gasteiger partial charge in [-0.05, 0) is 111 Å². The van der Waals surface area contributed by atoms with Gasteiger partial charge < -0.3 is 54.8 Å². The normalized spacial score (nSPS) is 22.9. The number of halogens is 1. The fourth-order valence-corrected chi connectivity index (χ4v) is 9.88. The predicted molar refractivity (Wildman–Crippen MR) is 279 cm³/mol. The molecule has 21 nitrogen and oxygen atoms in total. The van der Waals surface area contributed by atoms with Crippen LogP contribution in [-0.2, 0) is 56.0 Å². The number of fused-ring (bicyclic) bond motifs is 2. The van der Waals surface area contributed by atoms with Crippen LogP contribution >= 0.6 is 0 Å². The first-order chi connectivity index (χ1) is 35.8. The molecule has 14 N–H and O–H groups in total. The van der Waals surface area contributed by atoms with Gasteiger partial charge in [0.15, 0.2) is 17.7 Å². The minimum atomic E-state index is -1.34. The summed E-state index contributed by atoms with van der Waals surface area (Å²) in [6.07, 6.45) is 3.45. The largest absolute Gasteiger partial charge is 0.370 e. The molecule has 0 spiro atoms. The fourth-order valence-electron chi connectivity index (χ4n) is 9.88. The third kappa shape index (κ3) is 18.4. The maximum atomic E-state index is 14.8. The Labute approximate surface area is 436 Å². The molecule has 2 unspecified atom stereocenters. The van der Waals surface area contributed by atoms with Crippen LogP contribution in [0, 0.1) is 17.7 Å². The number of Topliss-reactive ketones (excluding diaryl/α,β-unsaturated/α-hetero) is 3. The number of hydrogen-bond acceptors (Lipinski definition) is 11. The zero-order chi connectivity index (χ0) is 54.6. The van der Waals surface area contributed by atoms with Gasteiger partial charge in [-0.15, -0.1) is 0 Å². The Morgan fingerprint density at radius 2 is 1.47 bits per heavy atom. The molecule has 0 radical (unpaired) electrons. The van der Waals surface area contributed by atoms with Gasteiger partial charge in [-0.25, -0.2) is 4.39 Å². The van der Waals surface area contributed by atoms with Crippen molar-refractivity contribution in [1.29, 1.82) is 0 Å². The number of guanidine groups is 2. The van der Waals surface area contributed by atoms with Crippen LogP contribution in [0.3, 0.4) is 0 Å². The average Bonchev–Trinajstić information content (AvgIpc) is 4.03. The van der Waals surface area contributed by atoms with Gasteiger partial charge in [-0.1, -0.05) is 48.9 Å². The zero-order valence-corrected chi connectivity index (χ0v) is 42.7. The van der Waals surface area contributed by atoms with Crippen molar-refractivity contribution in [1.82, 2.24) is 26.2 Å². The van der Waals surface area contributed by atoms with Crippen LogP contribution in [0.15, 0.2) is 64.6 Å². The first-order valence-corrected chi connectivity index (χ1v) is 25.8. The third-order valence-electron chi connectivity index (χ3n) is 13.8. The summed E-state index contributed by atoms with van der Waals surface area (Å²) in [7, 11) is 0. The minimum absolute atomic E-state index is 0.0150. The number of benzene rings is 2. The molecule has 3 aliphatic rings. The molecule has 7 atom stereocenters. The van der Waals surface area contributed by atoms with E-state index in [2.05, 4.69) is 31.3 Å². The summed E-state index contributed by atoms with van der Waals surface area (Å²) >= 11 is 0. The van der Waals surface area contributed by atoms with Crippen LogP contribution in [0.25, 0.3) is 5.57 Å². The van der Waals surface area contributed by atoms with Crippen molar-refractivity contribution < 1.29 is 47.5 Å². The lowest BCUT2D eigenvalue weighted by atomic mass is 9.83. The van der Waals surface area contributed by atoms with E-state index in [1.54, 1.807) is 0 Å². The molecular weight excluding hydrogens is 968 g/mol. The van der Waals surface area contributed by atoms with Crippen molar-refractivity contribution in [3.63, 3.8) is 0 Å². The van der Waals surface area contributed by atoms with E-state index in [-0.39, 0.29) is 127 Å². The van der Waals surface area contributed by atoms with Gasteiger partial charge in [0.1, 0.15) is 41.6 Å². The summed E-state index contributed by atoms with van der Waals surface area (Å²) < 4.78 is 14.2. The molecule has 0 aromatic heterocycles. The van der Waals surface area contributed by atoms with Gasteiger partial charge in [0.05, 0.1) is 6.04 Å². The molecule has 0 saturated carbocycles. The first-order valence-electron chi connectivity index (χ1n) is 25.8. The standard InChI is InChI=1S/C53H73FN12O9/c1-31(67)62-41(14-7-25-61-53(58)59)49(73)64-42-23-22-38(68)11-3-5-13-40(47(55)71)63-48(72)36(28-34-19-18-33-9-2-4-12-39(33)34)30-45(69)35(10-6-24-60-52(56)57)29-46(70)43(27-32-16-20-37(54)21-17-32)65-50(74)44-15-8-26-66(44)51(42)75/h2,4,9,12,16-17,19-21,35-36,40-44H,3,5-8,10-11,13-15,18,22-30H2,1H3,(H2,55,71)(H,62,67)(H,63,72)(H,64,73)(H,65,74)(H4,56,57,60)(H4,58,59,61)/t35-,36-,40+,41?,42+,43-,44?/m1/s1. The van der Waals surface area contributed by atoms with Gasteiger partial charge in [-0.3, -0.25) is 53.1 Å². The van der Waals surface area contributed by atoms with Crippen molar-refractivity contribution in [2.45, 2.75) is 146 Å². The molecule has 0 bridgehead atoms. The van der Waals surface area contributed by atoms with Crippen LogP contribution in [0.4, 0.5) is 4.39 Å². The summed E-state index contributed by atoms with van der Waals surface area (Å²) in [5.74, 6) is -8.19. The van der Waals surface area contributed by atoms with Gasteiger partial charge in [0.25, 0.3) is 0 Å². The Hall–Kier alpha value is -7.52. The Morgan fingerprint density at radius 1 is 0.773 bits per heavy atom. The molecule has 6 amide bonds. The third-order valence-corrected chi connectivity index (χ3v) is 13.8. The van der Waals surface area contributed by atoms with Gasteiger partial charge in [0.2, 0.25) is 35.4 Å². The highest BCUT2D eigenvalue weighted by molar-refractivity contribution is 5.98. The van der Waals surface area contributed by atoms with Gasteiger partial charge >= 0.3 is 0 Å². The number of rotatable bonds is 16. The number of carbonyl (C=O) groups excluding carboxylic acids is 9. The van der Waals surface area contributed by atoms with E-state index in [1.807, 2.05) is 30.3 Å². The second-order valence-electron chi connectivity index (χ2n) is 19.6. The fraction of sp³-hybridized carbons (Fsp3) is 0.528. The molecule has 1 aliphatic carbocycles. The van der Waals surface area contributed by atoms with Crippen LogP contribution in [-0.4, -0.2) is 119 Å². The molecular formula is C53H73FN12O9. The zero-order valence-electron chi connectivity index (χ0n) is 42.7. The van der Waals surface area contributed by atoms with Crippen LogP contribution < -0.4 is 49.9 Å². The van der Waals surface area contributed by atoms with Crippen molar-refractivity contribution in [2.24, 2.45) is 50.5 Å². The smallest absolute Gasteiger partial charge is 0.245 e. The number of nitrogens with two attached hydrogens (primary N) is 5. The second-order valence-corrected chi connectivity index (χ2v) is 19.6. The maximum absolute atomic E-state index is 14.8. The van der Waals surface area contributed by atoms with Crippen LogP contribution in [0.5, 0.6) is 0 Å². The molecule has 406 valence electrons. The topological polar surface area (TPSA) is 360 Å². The van der Waals surface area contributed by atoms with Crippen molar-refractivity contribution in [2.75, 3.05) is 19.6 Å². The highest BCUT2D eigenvalue weighted by Gasteiger charge is 2.40. The van der Waals surface area contributed by atoms with E-state index in [0.29, 0.717) is 18.4 Å². The van der Waals surface area contributed by atoms with Crippen LogP contribution in [0.1, 0.15) is 120 Å². The molecule has 75 heavy (non-hydrogen) atoms. The number of hydrogen-bond donors (Lipinski definition) is 9. The number of nitrogens with zero attached hydrogens (tertiary/aromatic N) is 3. The van der Waals surface area contributed by atoms with E-state index >= 15 is 0 Å². The molecule has 2 aromatic carbocycles. The molecule has 2 aromatic rings. The van der Waals surface area contributed by atoms with E-state index in [4.69, 9.17) is 28.7 Å². The maximum Gasteiger partial charge on any atom is 0.245 e. The summed E-state index contributed by atoms with van der Waals surface area (Å²) in [4.78, 5) is 135. The Balaban J connectivity index is 1.51. The number of ketones is 3. The second kappa shape index (κ2) is 28.8. The number of aliphatic imine (C=N–C) groups is 2. The number of carbonyl (C=O) groups is 9. The molecule has 2 fully saturated rings. The van der Waals surface area contributed by atoms with Gasteiger partial charge in [-0.2, -0.15) is 0 Å². The molecule has 22 heteroatoms. The molecule has 2 saturated heterocycles.